The Bertz CT molecular complexity index is 887. The topological polar surface area (TPSA) is 30.0 Å². The normalized spacial score (nSPS) is 20.7. The third-order valence-corrected chi connectivity index (χ3v) is 5.33. The Morgan fingerprint density at radius 1 is 0.778 bits per heavy atom. The van der Waals surface area contributed by atoms with Crippen LogP contribution in [-0.4, -0.2) is 67.2 Å². The monoisotopic (exact) mass is 367 g/mol. The van der Waals surface area contributed by atoms with E-state index in [-0.39, 0.29) is 0 Å². The maximum absolute atomic E-state index is 9.52. The molecule has 142 valence electrons. The smallest absolute Gasteiger partial charge is 0.0577 e. The lowest BCUT2D eigenvalue weighted by atomic mass is 10.1. The molecule has 0 aliphatic carbocycles. The maximum atomic E-state index is 9.52. The Balaban J connectivity index is 1.38. The van der Waals surface area contributed by atoms with Crippen LogP contribution in [0.2, 0.25) is 0 Å². The van der Waals surface area contributed by atoms with Crippen LogP contribution in [0.1, 0.15) is 23.0 Å². The van der Waals surface area contributed by atoms with Gasteiger partial charge in [-0.15, -0.1) is 0 Å². The van der Waals surface area contributed by atoms with Crippen LogP contribution in [0, 0.1) is 0 Å². The van der Waals surface area contributed by atoms with Crippen molar-refractivity contribution in [3.8, 4) is 0 Å². The first kappa shape index (κ1) is 13.9. The van der Waals surface area contributed by atoms with Gasteiger partial charge in [0, 0.05) is 53.3 Å². The molecule has 4 heteroatoms. The number of benzene rings is 2. The van der Waals surface area contributed by atoms with Crippen molar-refractivity contribution < 1.29 is 10.6 Å². The summed E-state index contributed by atoms with van der Waals surface area (Å²) in [6.07, 6.45) is 5.29. The van der Waals surface area contributed by atoms with Crippen molar-refractivity contribution in [2.24, 2.45) is 0 Å². The zero-order valence-electron chi connectivity index (χ0n) is 19.5. The molecule has 0 aromatic heterocycles. The highest BCUT2D eigenvalue weighted by Crippen LogP contribution is 2.36. The van der Waals surface area contributed by atoms with Gasteiger partial charge in [-0.2, -0.15) is 0 Å². The lowest BCUT2D eigenvalue weighted by Crippen LogP contribution is -2.47. The maximum Gasteiger partial charge on any atom is 0.0577 e. The minimum absolute atomic E-state index is 0.395. The second-order valence-corrected chi connectivity index (χ2v) is 7.01. The lowest BCUT2D eigenvalue weighted by Gasteiger charge is -2.35. The van der Waals surface area contributed by atoms with Crippen LogP contribution < -0.4 is 4.90 Å². The van der Waals surface area contributed by atoms with Gasteiger partial charge in [-0.3, -0.25) is 4.90 Å². The summed E-state index contributed by atoms with van der Waals surface area (Å²) >= 11 is 0. The molecule has 0 amide bonds. The molecule has 0 spiro atoms. The molecule has 0 radical (unpaired) electrons. The third-order valence-electron chi connectivity index (χ3n) is 5.33. The average molecular weight is 368 g/mol. The Morgan fingerprint density at radius 2 is 1.33 bits per heavy atom. The third kappa shape index (κ3) is 4.24. The zero-order chi connectivity index (χ0) is 22.1. The molecule has 2 aliphatic heterocycles. The summed E-state index contributed by atoms with van der Waals surface area (Å²) in [5, 5.41) is 9.52. The highest BCUT2D eigenvalue weighted by Gasteiger charge is 2.19. The van der Waals surface area contributed by atoms with Crippen molar-refractivity contribution in [3.63, 3.8) is 0 Å². The fourth-order valence-corrected chi connectivity index (χ4v) is 3.91. The number of aliphatic hydroxyl groups is 1. The molecule has 0 atom stereocenters. The van der Waals surface area contributed by atoms with Crippen LogP contribution >= 0.6 is 0 Å². The Kier molecular flexibility index (Phi) is 4.49. The van der Waals surface area contributed by atoms with Gasteiger partial charge in [0.05, 0.1) is 9.30 Å². The molecule has 27 heavy (non-hydrogen) atoms. The highest BCUT2D eigenvalue weighted by molar-refractivity contribution is 5.88. The molecule has 2 heterocycles. The first-order valence-electron chi connectivity index (χ1n) is 11.6. The number of hydrogen-bond acceptors (Lipinski definition) is 4. The van der Waals surface area contributed by atoms with Crippen LogP contribution in [0.3, 0.4) is 0 Å². The number of fused-ring (bicyclic) bond motifs is 2. The second-order valence-electron chi connectivity index (χ2n) is 7.01. The summed E-state index contributed by atoms with van der Waals surface area (Å²) in [7, 11) is 0. The largest absolute Gasteiger partial charge is 0.395 e. The summed E-state index contributed by atoms with van der Waals surface area (Å²) in [6.45, 7) is -1.40. The summed E-state index contributed by atoms with van der Waals surface area (Å²) in [6, 6.07) is 16.8. The standard InChI is InChI=1S/C23H29N3O/c27-19-18-25-16-14-24(15-17-25)12-5-13-26-22-8-3-1-6-20(22)10-11-21-7-2-4-9-23(21)26/h1-4,6-11,27H,5,12-19H2/i18D2,19D2. The first-order chi connectivity index (χ1) is 14.8. The van der Waals surface area contributed by atoms with E-state index >= 15 is 0 Å². The van der Waals surface area contributed by atoms with Gasteiger partial charge in [0.25, 0.3) is 0 Å². The van der Waals surface area contributed by atoms with E-state index in [1.165, 1.54) is 27.4 Å². The van der Waals surface area contributed by atoms with E-state index in [0.29, 0.717) is 26.2 Å². The molecule has 4 rings (SSSR count). The van der Waals surface area contributed by atoms with E-state index in [1.807, 2.05) is 0 Å². The van der Waals surface area contributed by atoms with Crippen molar-refractivity contribution in [2.45, 2.75) is 6.42 Å². The summed E-state index contributed by atoms with van der Waals surface area (Å²) in [5.41, 5.74) is 4.81. The van der Waals surface area contributed by atoms with Gasteiger partial charge in [0.2, 0.25) is 0 Å². The molecule has 1 fully saturated rings. The van der Waals surface area contributed by atoms with Gasteiger partial charge in [-0.05, 0) is 36.2 Å². The lowest BCUT2D eigenvalue weighted by molar-refractivity contribution is 0.112. The summed E-state index contributed by atoms with van der Waals surface area (Å²) in [4.78, 5) is 6.06. The molecule has 2 aromatic rings. The van der Waals surface area contributed by atoms with Gasteiger partial charge < -0.3 is 14.9 Å². The number of rotatable bonds is 6. The molecule has 0 bridgehead atoms. The van der Waals surface area contributed by atoms with Gasteiger partial charge >= 0.3 is 0 Å². The van der Waals surface area contributed by atoms with E-state index in [4.69, 9.17) is 5.48 Å². The highest BCUT2D eigenvalue weighted by atomic mass is 16.3. The van der Waals surface area contributed by atoms with Gasteiger partial charge in [-0.1, -0.05) is 48.6 Å². The summed E-state index contributed by atoms with van der Waals surface area (Å²) in [5.74, 6) is 0. The number of piperazine rings is 1. The fourth-order valence-electron chi connectivity index (χ4n) is 3.91. The molecule has 2 aliphatic rings. The van der Waals surface area contributed by atoms with Crippen molar-refractivity contribution in [1.82, 2.24) is 9.80 Å². The molecule has 0 unspecified atom stereocenters. The van der Waals surface area contributed by atoms with Crippen molar-refractivity contribution in [1.29, 1.82) is 0 Å². The fraction of sp³-hybridized carbons (Fsp3) is 0.391. The summed E-state index contributed by atoms with van der Waals surface area (Å²) < 4.78 is 30.5. The molecule has 2 aromatic carbocycles. The number of anilines is 2. The predicted molar refractivity (Wildman–Crippen MR) is 113 cm³/mol. The van der Waals surface area contributed by atoms with Crippen molar-refractivity contribution >= 4 is 23.5 Å². The minimum Gasteiger partial charge on any atom is -0.395 e. The predicted octanol–water partition coefficient (Wildman–Crippen LogP) is 3.31. The molecule has 1 N–H and O–H groups in total. The van der Waals surface area contributed by atoms with Crippen molar-refractivity contribution in [3.05, 3.63) is 59.7 Å². The molecular weight excluding hydrogens is 334 g/mol. The molecule has 1 saturated heterocycles. The quantitative estimate of drug-likeness (QED) is 0.848. The average Bonchev–Trinajstić information content (AvgIpc) is 2.91. The van der Waals surface area contributed by atoms with Gasteiger partial charge in [-0.25, -0.2) is 0 Å². The SMILES string of the molecule is [2H]C([2H])(O)C([2H])([2H])N1CCN(CCCN2c3ccccc3C=Cc3ccccc32)CC1. The van der Waals surface area contributed by atoms with Crippen LogP contribution in [-0.2, 0) is 0 Å². The first-order valence-corrected chi connectivity index (χ1v) is 9.61. The van der Waals surface area contributed by atoms with Crippen LogP contribution in [0.25, 0.3) is 12.2 Å². The van der Waals surface area contributed by atoms with Crippen LogP contribution in [0.4, 0.5) is 11.4 Å². The van der Waals surface area contributed by atoms with E-state index in [0.717, 1.165) is 19.5 Å². The molecule has 4 nitrogen and oxygen atoms in total. The Hall–Kier alpha value is -2.14. The Morgan fingerprint density at radius 3 is 1.93 bits per heavy atom. The molecule has 0 saturated carbocycles. The van der Waals surface area contributed by atoms with E-state index in [2.05, 4.69) is 70.5 Å². The van der Waals surface area contributed by atoms with E-state index in [9.17, 15) is 5.11 Å². The van der Waals surface area contributed by atoms with Crippen LogP contribution in [0.15, 0.2) is 48.5 Å². The van der Waals surface area contributed by atoms with Gasteiger partial charge in [0.1, 0.15) is 0 Å². The van der Waals surface area contributed by atoms with Crippen LogP contribution in [0.5, 0.6) is 0 Å². The molecular formula is C23H29N3O. The number of para-hydroxylation sites is 2. The van der Waals surface area contributed by atoms with E-state index < -0.39 is 13.1 Å². The number of hydrogen-bond donors (Lipinski definition) is 1. The number of nitrogens with zero attached hydrogens (tertiary/aromatic N) is 3. The second kappa shape index (κ2) is 8.70. The minimum atomic E-state index is -2.88. The number of β-amino-alcohol motifs (C(OH)–C–C–N with tert-alkyl or cyclic N) is 1. The Labute approximate surface area is 167 Å². The van der Waals surface area contributed by atoms with Gasteiger partial charge in [0.15, 0.2) is 0 Å². The zero-order valence-corrected chi connectivity index (χ0v) is 15.5. The van der Waals surface area contributed by atoms with Crippen molar-refractivity contribution in [2.75, 3.05) is 57.2 Å². The van der Waals surface area contributed by atoms with E-state index in [1.54, 1.807) is 0 Å².